The first-order valence-electron chi connectivity index (χ1n) is 8.50. The average Bonchev–Trinajstić information content (AvgIpc) is 2.53. The predicted octanol–water partition coefficient (Wildman–Crippen LogP) is 2.42. The van der Waals surface area contributed by atoms with Crippen LogP contribution in [0, 0.1) is 5.92 Å². The number of piperazine rings is 1. The Hall–Kier alpha value is -1.55. The van der Waals surface area contributed by atoms with Gasteiger partial charge in [-0.25, -0.2) is 0 Å². The van der Waals surface area contributed by atoms with Gasteiger partial charge in [-0.2, -0.15) is 0 Å². The zero-order valence-electron chi connectivity index (χ0n) is 13.9. The van der Waals surface area contributed by atoms with Crippen LogP contribution in [0.25, 0.3) is 0 Å². The van der Waals surface area contributed by atoms with Crippen LogP contribution in [0.15, 0.2) is 18.2 Å². The number of nitrogens with one attached hydrogen (secondary N) is 1. The first kappa shape index (κ1) is 15.3. The minimum absolute atomic E-state index is 0.162. The largest absolute Gasteiger partial charge is 0.369 e. The third-order valence-corrected chi connectivity index (χ3v) is 5.09. The standard InChI is InChI=1S/C18H27N3O/c1-4-17-13(2)11-15-12-16(20-9-7-19-8-10-20)5-6-18(15)21(17)14(3)22/h5-6,12-13,17,19H,4,7-11H2,1-3H3/t13?,17-/m0/s1. The van der Waals surface area contributed by atoms with Crippen LogP contribution in [0.5, 0.6) is 0 Å². The molecule has 22 heavy (non-hydrogen) atoms. The number of nitrogens with zero attached hydrogens (tertiary/aromatic N) is 2. The summed E-state index contributed by atoms with van der Waals surface area (Å²) in [7, 11) is 0. The van der Waals surface area contributed by atoms with Gasteiger partial charge in [0.1, 0.15) is 0 Å². The first-order chi connectivity index (χ1) is 10.6. The quantitative estimate of drug-likeness (QED) is 0.911. The van der Waals surface area contributed by atoms with E-state index in [-0.39, 0.29) is 5.91 Å². The molecule has 1 aromatic carbocycles. The Labute approximate surface area is 133 Å². The van der Waals surface area contributed by atoms with Crippen LogP contribution in [-0.2, 0) is 11.2 Å². The lowest BCUT2D eigenvalue weighted by Gasteiger charge is -2.41. The van der Waals surface area contributed by atoms with E-state index in [4.69, 9.17) is 0 Å². The minimum atomic E-state index is 0.162. The highest BCUT2D eigenvalue weighted by Crippen LogP contribution is 2.37. The number of benzene rings is 1. The fourth-order valence-corrected chi connectivity index (χ4v) is 3.99. The molecule has 1 fully saturated rings. The summed E-state index contributed by atoms with van der Waals surface area (Å²) >= 11 is 0. The van der Waals surface area contributed by atoms with E-state index in [1.54, 1.807) is 6.92 Å². The third kappa shape index (κ3) is 2.72. The maximum atomic E-state index is 12.2. The van der Waals surface area contributed by atoms with Gasteiger partial charge in [0.05, 0.1) is 0 Å². The van der Waals surface area contributed by atoms with Crippen molar-refractivity contribution in [2.75, 3.05) is 36.0 Å². The maximum absolute atomic E-state index is 12.2. The topological polar surface area (TPSA) is 35.6 Å². The lowest BCUT2D eigenvalue weighted by atomic mass is 9.85. The molecule has 3 rings (SSSR count). The van der Waals surface area contributed by atoms with Gasteiger partial charge >= 0.3 is 0 Å². The summed E-state index contributed by atoms with van der Waals surface area (Å²) in [5.41, 5.74) is 3.74. The number of anilines is 2. The van der Waals surface area contributed by atoms with Crippen LogP contribution < -0.4 is 15.1 Å². The summed E-state index contributed by atoms with van der Waals surface area (Å²) in [6.07, 6.45) is 2.08. The van der Waals surface area contributed by atoms with Gasteiger partial charge in [-0.15, -0.1) is 0 Å². The van der Waals surface area contributed by atoms with E-state index in [9.17, 15) is 4.79 Å². The van der Waals surface area contributed by atoms with Crippen LogP contribution in [0.1, 0.15) is 32.8 Å². The van der Waals surface area contributed by atoms with Crippen molar-refractivity contribution in [2.24, 2.45) is 5.92 Å². The number of fused-ring (bicyclic) bond motifs is 1. The molecule has 0 aliphatic carbocycles. The second kappa shape index (κ2) is 6.29. The fourth-order valence-electron chi connectivity index (χ4n) is 3.99. The van der Waals surface area contributed by atoms with Crippen molar-refractivity contribution in [3.63, 3.8) is 0 Å². The van der Waals surface area contributed by atoms with Gasteiger partial charge in [0, 0.05) is 50.5 Å². The second-order valence-corrected chi connectivity index (χ2v) is 6.60. The van der Waals surface area contributed by atoms with Gasteiger partial charge in [-0.1, -0.05) is 13.8 Å². The molecular formula is C18H27N3O. The van der Waals surface area contributed by atoms with Crippen LogP contribution >= 0.6 is 0 Å². The molecule has 0 saturated carbocycles. The smallest absolute Gasteiger partial charge is 0.224 e. The molecule has 1 unspecified atom stereocenters. The first-order valence-corrected chi connectivity index (χ1v) is 8.50. The molecule has 0 spiro atoms. The highest BCUT2D eigenvalue weighted by Gasteiger charge is 2.33. The highest BCUT2D eigenvalue weighted by molar-refractivity contribution is 5.94. The van der Waals surface area contributed by atoms with E-state index in [0.717, 1.165) is 44.7 Å². The molecule has 0 radical (unpaired) electrons. The van der Waals surface area contributed by atoms with Gasteiger partial charge in [0.25, 0.3) is 0 Å². The Balaban J connectivity index is 1.94. The molecule has 1 N–H and O–H groups in total. The van der Waals surface area contributed by atoms with Crippen LogP contribution in [0.3, 0.4) is 0 Å². The van der Waals surface area contributed by atoms with Crippen molar-refractivity contribution < 1.29 is 4.79 Å². The lowest BCUT2D eigenvalue weighted by Crippen LogP contribution is -2.47. The molecule has 1 aromatic rings. The van der Waals surface area contributed by atoms with Crippen molar-refractivity contribution >= 4 is 17.3 Å². The van der Waals surface area contributed by atoms with Gasteiger partial charge in [-0.3, -0.25) is 4.79 Å². The number of amides is 1. The molecule has 0 bridgehead atoms. The highest BCUT2D eigenvalue weighted by atomic mass is 16.2. The van der Waals surface area contributed by atoms with E-state index in [1.165, 1.54) is 11.3 Å². The molecule has 4 nitrogen and oxygen atoms in total. The molecule has 1 saturated heterocycles. The summed E-state index contributed by atoms with van der Waals surface area (Å²) in [5.74, 6) is 0.675. The monoisotopic (exact) mass is 301 g/mol. The Morgan fingerprint density at radius 1 is 1.32 bits per heavy atom. The molecule has 4 heteroatoms. The third-order valence-electron chi connectivity index (χ3n) is 5.09. The SMILES string of the molecule is CC[C@H]1C(C)Cc2cc(N3CCNCC3)ccc2N1C(C)=O. The van der Waals surface area contributed by atoms with Gasteiger partial charge in [-0.05, 0) is 42.5 Å². The second-order valence-electron chi connectivity index (χ2n) is 6.60. The van der Waals surface area contributed by atoms with E-state index >= 15 is 0 Å². The van der Waals surface area contributed by atoms with Crippen molar-refractivity contribution in [1.82, 2.24) is 5.32 Å². The average molecular weight is 301 g/mol. The van der Waals surface area contributed by atoms with E-state index in [0.29, 0.717) is 12.0 Å². The Bertz CT molecular complexity index is 551. The van der Waals surface area contributed by atoms with E-state index in [2.05, 4.69) is 42.3 Å². The molecule has 0 aromatic heterocycles. The molecule has 2 heterocycles. The summed E-state index contributed by atoms with van der Waals surface area (Å²) in [6, 6.07) is 6.97. The van der Waals surface area contributed by atoms with Crippen molar-refractivity contribution in [3.8, 4) is 0 Å². The van der Waals surface area contributed by atoms with E-state index < -0.39 is 0 Å². The number of carbonyl (C=O) groups excluding carboxylic acids is 1. The Morgan fingerprint density at radius 3 is 2.68 bits per heavy atom. The van der Waals surface area contributed by atoms with E-state index in [1.807, 2.05) is 4.90 Å². The molecule has 2 atom stereocenters. The maximum Gasteiger partial charge on any atom is 0.224 e. The van der Waals surface area contributed by atoms with Crippen molar-refractivity contribution in [3.05, 3.63) is 23.8 Å². The zero-order chi connectivity index (χ0) is 15.7. The molecule has 120 valence electrons. The molecular weight excluding hydrogens is 274 g/mol. The van der Waals surface area contributed by atoms with Crippen LogP contribution in [0.4, 0.5) is 11.4 Å². The Kier molecular flexibility index (Phi) is 4.39. The summed E-state index contributed by atoms with van der Waals surface area (Å²) in [4.78, 5) is 16.6. The zero-order valence-corrected chi connectivity index (χ0v) is 13.9. The predicted molar refractivity (Wildman–Crippen MR) is 91.6 cm³/mol. The minimum Gasteiger partial charge on any atom is -0.369 e. The van der Waals surface area contributed by atoms with Gasteiger partial charge in [0.2, 0.25) is 5.91 Å². The fraction of sp³-hybridized carbons (Fsp3) is 0.611. The molecule has 2 aliphatic rings. The van der Waals surface area contributed by atoms with Gasteiger partial charge < -0.3 is 15.1 Å². The van der Waals surface area contributed by atoms with Crippen molar-refractivity contribution in [1.29, 1.82) is 0 Å². The van der Waals surface area contributed by atoms with Gasteiger partial charge in [0.15, 0.2) is 0 Å². The lowest BCUT2D eigenvalue weighted by molar-refractivity contribution is -0.117. The number of hydrogen-bond donors (Lipinski definition) is 1. The molecule has 1 amide bonds. The summed E-state index contributed by atoms with van der Waals surface area (Å²) in [5, 5.41) is 3.39. The number of hydrogen-bond acceptors (Lipinski definition) is 3. The normalized spacial score (nSPS) is 25.0. The molecule has 2 aliphatic heterocycles. The van der Waals surface area contributed by atoms with Crippen LogP contribution in [0.2, 0.25) is 0 Å². The van der Waals surface area contributed by atoms with Crippen molar-refractivity contribution in [2.45, 2.75) is 39.7 Å². The number of rotatable bonds is 2. The Morgan fingerprint density at radius 2 is 2.05 bits per heavy atom. The summed E-state index contributed by atoms with van der Waals surface area (Å²) in [6.45, 7) is 10.3. The van der Waals surface area contributed by atoms with Crippen LogP contribution in [-0.4, -0.2) is 38.1 Å². The number of carbonyl (C=O) groups is 1. The summed E-state index contributed by atoms with van der Waals surface area (Å²) < 4.78 is 0.